The van der Waals surface area contributed by atoms with E-state index in [0.717, 1.165) is 0 Å². The van der Waals surface area contributed by atoms with Crippen molar-refractivity contribution in [2.75, 3.05) is 7.11 Å². The van der Waals surface area contributed by atoms with Gasteiger partial charge in [0.25, 0.3) is 11.2 Å². The smallest absolute Gasteiger partial charge is 0.336 e. The van der Waals surface area contributed by atoms with E-state index in [0.29, 0.717) is 43.6 Å². The van der Waals surface area contributed by atoms with Crippen LogP contribution >= 0.6 is 15.9 Å². The quantitative estimate of drug-likeness (QED) is 0.0499. The molecule has 1 heterocycles. The number of esters is 1. The van der Waals surface area contributed by atoms with Gasteiger partial charge in [0.2, 0.25) is 0 Å². The summed E-state index contributed by atoms with van der Waals surface area (Å²) in [6, 6.07) is 24.9. The summed E-state index contributed by atoms with van der Waals surface area (Å²) in [5.41, 5.74) is 1.56. The molecule has 0 saturated carbocycles. The lowest BCUT2D eigenvalue weighted by atomic mass is 10.2. The maximum atomic E-state index is 13.5. The Morgan fingerprint density at radius 2 is 1.81 bits per heavy atom. The van der Waals surface area contributed by atoms with Crippen LogP contribution in [0.15, 0.2) is 111 Å². The molecule has 0 aliphatic carbocycles. The molecule has 1 aromatic heterocycles. The van der Waals surface area contributed by atoms with Crippen LogP contribution in [-0.2, 0) is 4.79 Å². The highest BCUT2D eigenvalue weighted by Gasteiger charge is 2.14. The van der Waals surface area contributed by atoms with Crippen molar-refractivity contribution in [1.82, 2.24) is 9.66 Å². The Morgan fingerprint density at radius 3 is 2.57 bits per heavy atom. The van der Waals surface area contributed by atoms with Crippen molar-refractivity contribution in [3.63, 3.8) is 0 Å². The number of carbonyl (C=O) groups is 1. The highest BCUT2D eigenvalue weighted by atomic mass is 79.9. The zero-order valence-electron chi connectivity index (χ0n) is 22.0. The highest BCUT2D eigenvalue weighted by Crippen LogP contribution is 2.24. The van der Waals surface area contributed by atoms with Gasteiger partial charge in [0.05, 0.1) is 29.2 Å². The predicted molar refractivity (Wildman–Crippen MR) is 163 cm³/mol. The normalized spacial score (nSPS) is 11.3. The second-order valence-electron chi connectivity index (χ2n) is 8.83. The van der Waals surface area contributed by atoms with Crippen molar-refractivity contribution in [3.8, 4) is 22.9 Å². The lowest BCUT2D eigenvalue weighted by Crippen LogP contribution is -2.20. The Hall–Kier alpha value is -5.42. The monoisotopic (exact) mass is 624 g/mol. The number of nitro groups is 1. The molecule has 0 bridgehead atoms. The van der Waals surface area contributed by atoms with Crippen molar-refractivity contribution in [2.45, 2.75) is 0 Å². The lowest BCUT2D eigenvalue weighted by molar-refractivity contribution is -0.384. The molecular weight excluding hydrogens is 604 g/mol. The van der Waals surface area contributed by atoms with Crippen LogP contribution in [0.4, 0.5) is 5.69 Å². The second-order valence-corrected chi connectivity index (χ2v) is 9.75. The molecule has 208 valence electrons. The number of nitrogens with zero attached hydrogens (tertiary/aromatic N) is 4. The number of non-ortho nitro benzene ring substituents is 1. The number of ether oxygens (including phenoxy) is 2. The summed E-state index contributed by atoms with van der Waals surface area (Å²) in [7, 11) is 1.56. The van der Waals surface area contributed by atoms with E-state index in [1.807, 2.05) is 0 Å². The van der Waals surface area contributed by atoms with Gasteiger partial charge >= 0.3 is 5.97 Å². The van der Waals surface area contributed by atoms with Crippen LogP contribution < -0.4 is 15.0 Å². The van der Waals surface area contributed by atoms with Crippen molar-refractivity contribution in [2.24, 2.45) is 5.10 Å². The van der Waals surface area contributed by atoms with E-state index >= 15 is 0 Å². The van der Waals surface area contributed by atoms with Crippen molar-refractivity contribution in [1.29, 1.82) is 0 Å². The zero-order valence-corrected chi connectivity index (χ0v) is 23.6. The molecule has 0 atom stereocenters. The highest BCUT2D eigenvalue weighted by molar-refractivity contribution is 9.10. The summed E-state index contributed by atoms with van der Waals surface area (Å²) in [6.45, 7) is 0. The van der Waals surface area contributed by atoms with Crippen molar-refractivity contribution < 1.29 is 19.2 Å². The third kappa shape index (κ3) is 6.31. The molecule has 42 heavy (non-hydrogen) atoms. The van der Waals surface area contributed by atoms with E-state index < -0.39 is 10.9 Å². The first-order chi connectivity index (χ1) is 20.3. The average Bonchev–Trinajstić information content (AvgIpc) is 3.01. The Bertz CT molecular complexity index is 1930. The second kappa shape index (κ2) is 12.4. The fraction of sp³-hybridized carbons (Fsp3) is 0.0323. The van der Waals surface area contributed by atoms with Gasteiger partial charge in [-0.25, -0.2) is 9.78 Å². The summed E-state index contributed by atoms with van der Waals surface area (Å²) < 4.78 is 12.7. The van der Waals surface area contributed by atoms with Crippen LogP contribution in [0.3, 0.4) is 0 Å². The van der Waals surface area contributed by atoms with Crippen LogP contribution in [0, 0.1) is 10.1 Å². The van der Waals surface area contributed by atoms with E-state index in [1.165, 1.54) is 41.2 Å². The number of fused-ring (bicyclic) bond motifs is 1. The van der Waals surface area contributed by atoms with Gasteiger partial charge in [0, 0.05) is 33.8 Å². The maximum absolute atomic E-state index is 13.5. The number of hydrogen-bond acceptors (Lipinski definition) is 8. The van der Waals surface area contributed by atoms with E-state index in [9.17, 15) is 19.7 Å². The number of benzene rings is 4. The number of hydrogen-bond donors (Lipinski definition) is 0. The molecule has 0 amide bonds. The molecule has 0 radical (unpaired) electrons. The Balaban J connectivity index is 1.49. The van der Waals surface area contributed by atoms with Gasteiger partial charge in [-0.3, -0.25) is 14.9 Å². The molecule has 4 aromatic carbocycles. The first-order valence-corrected chi connectivity index (χ1v) is 13.3. The van der Waals surface area contributed by atoms with Crippen LogP contribution in [0.25, 0.3) is 28.4 Å². The number of halogens is 1. The topological polar surface area (TPSA) is 126 Å². The number of para-hydroxylation sites is 1. The molecule has 5 rings (SSSR count). The van der Waals surface area contributed by atoms with Gasteiger partial charge < -0.3 is 9.47 Å². The minimum atomic E-state index is -0.707. The van der Waals surface area contributed by atoms with Crippen LogP contribution in [0.2, 0.25) is 0 Å². The lowest BCUT2D eigenvalue weighted by Gasteiger charge is -2.11. The molecule has 0 saturated heterocycles. The molecule has 0 fully saturated rings. The van der Waals surface area contributed by atoms with Gasteiger partial charge in [-0.2, -0.15) is 9.78 Å². The Kier molecular flexibility index (Phi) is 8.30. The maximum Gasteiger partial charge on any atom is 0.336 e. The summed E-state index contributed by atoms with van der Waals surface area (Å²) in [5.74, 6) is 0.438. The third-order valence-corrected chi connectivity index (χ3v) is 6.58. The molecule has 10 nitrogen and oxygen atoms in total. The Morgan fingerprint density at radius 1 is 1.02 bits per heavy atom. The predicted octanol–water partition coefficient (Wildman–Crippen LogP) is 6.24. The van der Waals surface area contributed by atoms with E-state index in [1.54, 1.807) is 79.9 Å². The van der Waals surface area contributed by atoms with Gasteiger partial charge in [0.15, 0.2) is 5.82 Å². The fourth-order valence-corrected chi connectivity index (χ4v) is 4.42. The minimum absolute atomic E-state index is 0.0932. The molecule has 5 aromatic rings. The van der Waals surface area contributed by atoms with E-state index in [-0.39, 0.29) is 17.0 Å². The molecular formula is C31H21BrN4O6. The average molecular weight is 625 g/mol. The summed E-state index contributed by atoms with van der Waals surface area (Å²) in [5, 5.41) is 15.9. The largest absolute Gasteiger partial charge is 0.497 e. The molecule has 0 N–H and O–H groups in total. The number of nitro benzene ring substituents is 1. The molecule has 0 aliphatic heterocycles. The first-order valence-electron chi connectivity index (χ1n) is 12.5. The van der Waals surface area contributed by atoms with E-state index in [4.69, 9.17) is 14.5 Å². The zero-order chi connectivity index (χ0) is 29.6. The first kappa shape index (κ1) is 28.1. The SMILES string of the molecule is COc1ccc(-c2nc3ccccc3c(=O)n2N=Cc2cc(Br)ccc2OC(=O)/C=C/c2cccc([N+](=O)[O-])c2)cc1. The van der Waals surface area contributed by atoms with Crippen LogP contribution in [-0.4, -0.2) is 33.9 Å². The van der Waals surface area contributed by atoms with E-state index in [2.05, 4.69) is 21.0 Å². The molecule has 0 spiro atoms. The summed E-state index contributed by atoms with van der Waals surface area (Å²) in [4.78, 5) is 41.4. The third-order valence-electron chi connectivity index (χ3n) is 6.09. The standard InChI is InChI=1S/C31H21BrN4O6/c1-41-25-13-10-21(11-14-25)30-34-27-8-3-2-7-26(27)31(38)35(30)33-19-22-18-23(32)12-15-28(22)42-29(37)16-9-20-5-4-6-24(17-20)36(39)40/h2-19H,1H3/b16-9+,33-19?. The Labute approximate surface area is 247 Å². The van der Waals surface area contributed by atoms with Gasteiger partial charge in [-0.1, -0.05) is 40.2 Å². The number of rotatable bonds is 8. The summed E-state index contributed by atoms with van der Waals surface area (Å²) >= 11 is 3.42. The van der Waals surface area contributed by atoms with Gasteiger partial charge in [-0.15, -0.1) is 0 Å². The minimum Gasteiger partial charge on any atom is -0.497 e. The van der Waals surface area contributed by atoms with Crippen molar-refractivity contribution in [3.05, 3.63) is 133 Å². The van der Waals surface area contributed by atoms with Crippen molar-refractivity contribution >= 4 is 50.8 Å². The van der Waals surface area contributed by atoms with Crippen LogP contribution in [0.5, 0.6) is 11.5 Å². The van der Waals surface area contributed by atoms with Gasteiger partial charge in [-0.05, 0) is 66.2 Å². The molecule has 0 unspecified atom stereocenters. The fourth-order valence-electron chi connectivity index (χ4n) is 4.04. The number of methoxy groups -OCH3 is 1. The van der Waals surface area contributed by atoms with Gasteiger partial charge in [0.1, 0.15) is 11.5 Å². The molecule has 0 aliphatic rings. The number of aromatic nitrogens is 2. The summed E-state index contributed by atoms with van der Waals surface area (Å²) in [6.07, 6.45) is 3.99. The molecule has 11 heteroatoms. The number of carbonyl (C=O) groups excluding carboxylic acids is 1. The van der Waals surface area contributed by atoms with Crippen LogP contribution in [0.1, 0.15) is 11.1 Å².